The van der Waals surface area contributed by atoms with Gasteiger partial charge in [-0.2, -0.15) is 0 Å². The van der Waals surface area contributed by atoms with Crippen molar-refractivity contribution in [2.45, 2.75) is 17.7 Å². The van der Waals surface area contributed by atoms with Crippen molar-refractivity contribution in [2.75, 3.05) is 5.32 Å². The molecule has 1 N–H and O–H groups in total. The number of benzene rings is 2. The van der Waals surface area contributed by atoms with Gasteiger partial charge >= 0.3 is 0 Å². The lowest BCUT2D eigenvalue weighted by Gasteiger charge is -2.19. The van der Waals surface area contributed by atoms with E-state index in [0.29, 0.717) is 16.5 Å². The molecule has 21 heavy (non-hydrogen) atoms. The lowest BCUT2D eigenvalue weighted by Crippen LogP contribution is -2.19. The summed E-state index contributed by atoms with van der Waals surface area (Å²) in [5.74, 6) is 0.0788. The summed E-state index contributed by atoms with van der Waals surface area (Å²) in [6.07, 6.45) is 1.31. The zero-order valence-electron chi connectivity index (χ0n) is 11.0. The molecule has 2 aromatic rings. The Kier molecular flexibility index (Phi) is 4.25. The van der Waals surface area contributed by atoms with Gasteiger partial charge in [0.05, 0.1) is 14.9 Å². The van der Waals surface area contributed by atoms with E-state index >= 15 is 0 Å². The van der Waals surface area contributed by atoms with E-state index in [0.717, 1.165) is 28.8 Å². The number of aryl methyl sites for hydroxylation is 1. The van der Waals surface area contributed by atoms with E-state index in [-0.39, 0.29) is 10.7 Å². The predicted molar refractivity (Wildman–Crippen MR) is 90.6 cm³/mol. The Morgan fingerprint density at radius 3 is 2.48 bits per heavy atom. The standard InChI is InChI=1S/C16H12BrCl2NO/c17-16(11-1-4-12(18)13(19)8-11)10-2-5-14-9(7-10)3-6-15(21)20-14/h1-2,4-5,7-8,16H,3,6H2,(H,20,21). The molecule has 0 bridgehead atoms. The van der Waals surface area contributed by atoms with Crippen LogP contribution in [0.5, 0.6) is 0 Å². The Labute approximate surface area is 141 Å². The Balaban J connectivity index is 1.93. The molecule has 1 atom stereocenters. The quantitative estimate of drug-likeness (QED) is 0.693. The number of carbonyl (C=O) groups is 1. The van der Waals surface area contributed by atoms with E-state index in [1.165, 1.54) is 0 Å². The fourth-order valence-corrected chi connectivity index (χ4v) is 3.30. The van der Waals surface area contributed by atoms with Crippen LogP contribution in [0, 0.1) is 0 Å². The summed E-state index contributed by atoms with van der Waals surface area (Å²) < 4.78 is 0. The Hall–Kier alpha value is -1.03. The van der Waals surface area contributed by atoms with Crippen molar-refractivity contribution >= 4 is 50.7 Å². The molecular weight excluding hydrogens is 373 g/mol. The maximum absolute atomic E-state index is 11.4. The van der Waals surface area contributed by atoms with Crippen molar-refractivity contribution in [2.24, 2.45) is 0 Å². The highest BCUT2D eigenvalue weighted by molar-refractivity contribution is 9.09. The van der Waals surface area contributed by atoms with Gasteiger partial charge < -0.3 is 5.32 Å². The number of halogens is 3. The molecule has 0 spiro atoms. The van der Waals surface area contributed by atoms with Crippen LogP contribution >= 0.6 is 39.1 Å². The summed E-state index contributed by atoms with van der Waals surface area (Å²) in [7, 11) is 0. The van der Waals surface area contributed by atoms with Crippen LogP contribution in [0.15, 0.2) is 36.4 Å². The normalized spacial score (nSPS) is 15.3. The van der Waals surface area contributed by atoms with Crippen LogP contribution < -0.4 is 5.32 Å². The molecule has 0 radical (unpaired) electrons. The maximum Gasteiger partial charge on any atom is 0.224 e. The number of alkyl halides is 1. The molecule has 1 aliphatic rings. The van der Waals surface area contributed by atoms with E-state index in [4.69, 9.17) is 23.2 Å². The number of nitrogens with one attached hydrogen (secondary N) is 1. The maximum atomic E-state index is 11.4. The molecule has 1 heterocycles. The number of hydrogen-bond donors (Lipinski definition) is 1. The molecule has 0 aliphatic carbocycles. The van der Waals surface area contributed by atoms with Gasteiger partial charge in [-0.3, -0.25) is 4.79 Å². The van der Waals surface area contributed by atoms with Gasteiger partial charge in [-0.1, -0.05) is 57.3 Å². The number of amides is 1. The van der Waals surface area contributed by atoms with Crippen molar-refractivity contribution in [3.8, 4) is 0 Å². The van der Waals surface area contributed by atoms with Crippen LogP contribution in [0.4, 0.5) is 5.69 Å². The van der Waals surface area contributed by atoms with Crippen molar-refractivity contribution in [1.29, 1.82) is 0 Å². The smallest absolute Gasteiger partial charge is 0.224 e. The highest BCUT2D eigenvalue weighted by Gasteiger charge is 2.18. The second-order valence-electron chi connectivity index (χ2n) is 5.00. The van der Waals surface area contributed by atoms with Gasteiger partial charge in [0.1, 0.15) is 0 Å². The average molecular weight is 385 g/mol. The van der Waals surface area contributed by atoms with Crippen molar-refractivity contribution in [3.05, 3.63) is 63.1 Å². The first-order valence-electron chi connectivity index (χ1n) is 6.56. The molecule has 0 saturated carbocycles. The van der Waals surface area contributed by atoms with E-state index < -0.39 is 0 Å². The number of carbonyl (C=O) groups excluding carboxylic acids is 1. The summed E-state index contributed by atoms with van der Waals surface area (Å²) in [5.41, 5.74) is 4.24. The number of hydrogen-bond acceptors (Lipinski definition) is 1. The molecule has 3 rings (SSSR count). The van der Waals surface area contributed by atoms with Gasteiger partial charge in [-0.05, 0) is 41.3 Å². The summed E-state index contributed by atoms with van der Waals surface area (Å²) in [5, 5.41) is 3.98. The van der Waals surface area contributed by atoms with Crippen molar-refractivity contribution in [1.82, 2.24) is 0 Å². The Morgan fingerprint density at radius 1 is 1.00 bits per heavy atom. The lowest BCUT2D eigenvalue weighted by atomic mass is 9.97. The number of fused-ring (bicyclic) bond motifs is 1. The molecule has 0 saturated heterocycles. The van der Waals surface area contributed by atoms with Crippen LogP contribution in [-0.2, 0) is 11.2 Å². The zero-order chi connectivity index (χ0) is 15.0. The van der Waals surface area contributed by atoms with Gasteiger partial charge in [0, 0.05) is 12.1 Å². The summed E-state index contributed by atoms with van der Waals surface area (Å²) in [4.78, 5) is 11.4. The van der Waals surface area contributed by atoms with E-state index in [9.17, 15) is 4.79 Å². The van der Waals surface area contributed by atoms with Crippen molar-refractivity contribution < 1.29 is 4.79 Å². The van der Waals surface area contributed by atoms with Crippen LogP contribution in [0.1, 0.15) is 27.9 Å². The van der Waals surface area contributed by atoms with Gasteiger partial charge in [0.25, 0.3) is 0 Å². The van der Waals surface area contributed by atoms with Crippen molar-refractivity contribution in [3.63, 3.8) is 0 Å². The number of rotatable bonds is 2. The monoisotopic (exact) mass is 383 g/mol. The van der Waals surface area contributed by atoms with Gasteiger partial charge in [-0.25, -0.2) is 0 Å². The molecular formula is C16H12BrCl2NO. The highest BCUT2D eigenvalue weighted by atomic mass is 79.9. The molecule has 2 aromatic carbocycles. The Morgan fingerprint density at radius 2 is 1.71 bits per heavy atom. The van der Waals surface area contributed by atoms with Crippen LogP contribution in [-0.4, -0.2) is 5.91 Å². The third-order valence-corrected chi connectivity index (χ3v) is 5.35. The van der Waals surface area contributed by atoms with Crippen LogP contribution in [0.25, 0.3) is 0 Å². The third-order valence-electron chi connectivity index (χ3n) is 3.55. The van der Waals surface area contributed by atoms with E-state index in [2.05, 4.69) is 27.3 Å². The van der Waals surface area contributed by atoms with Gasteiger partial charge in [-0.15, -0.1) is 0 Å². The topological polar surface area (TPSA) is 29.1 Å². The first-order chi connectivity index (χ1) is 10.0. The minimum absolute atomic E-state index is 0.0372. The molecule has 1 amide bonds. The van der Waals surface area contributed by atoms with E-state index in [1.807, 2.05) is 24.3 Å². The number of anilines is 1. The largest absolute Gasteiger partial charge is 0.326 e. The van der Waals surface area contributed by atoms with Crippen LogP contribution in [0.3, 0.4) is 0 Å². The molecule has 2 nitrogen and oxygen atoms in total. The average Bonchev–Trinajstić information content (AvgIpc) is 2.49. The second kappa shape index (κ2) is 5.99. The summed E-state index contributed by atoms with van der Waals surface area (Å²) in [6, 6.07) is 11.7. The molecule has 0 aromatic heterocycles. The van der Waals surface area contributed by atoms with Gasteiger partial charge in [0.15, 0.2) is 0 Å². The fraction of sp³-hybridized carbons (Fsp3) is 0.188. The van der Waals surface area contributed by atoms with Crippen LogP contribution in [0.2, 0.25) is 10.0 Å². The third kappa shape index (κ3) is 3.10. The first-order valence-corrected chi connectivity index (χ1v) is 8.23. The molecule has 0 fully saturated rings. The highest BCUT2D eigenvalue weighted by Crippen LogP contribution is 2.36. The summed E-state index contributed by atoms with van der Waals surface area (Å²) in [6.45, 7) is 0. The second-order valence-corrected chi connectivity index (χ2v) is 6.73. The predicted octanol–water partition coefficient (Wildman–Crippen LogP) is 5.36. The van der Waals surface area contributed by atoms with Gasteiger partial charge in [0.2, 0.25) is 5.91 Å². The summed E-state index contributed by atoms with van der Waals surface area (Å²) >= 11 is 15.7. The fourth-order valence-electron chi connectivity index (χ4n) is 2.42. The first kappa shape index (κ1) is 14.9. The molecule has 5 heteroatoms. The zero-order valence-corrected chi connectivity index (χ0v) is 14.1. The minimum atomic E-state index is 0.0372. The van der Waals surface area contributed by atoms with E-state index in [1.54, 1.807) is 6.07 Å². The minimum Gasteiger partial charge on any atom is -0.326 e. The molecule has 1 unspecified atom stereocenters. The molecule has 1 aliphatic heterocycles. The molecule has 108 valence electrons. The SMILES string of the molecule is O=C1CCc2cc(C(Br)c3ccc(Cl)c(Cl)c3)ccc2N1. The lowest BCUT2D eigenvalue weighted by molar-refractivity contribution is -0.116. The Bertz CT molecular complexity index is 717.